The number of aromatic nitrogens is 2. The van der Waals surface area contributed by atoms with Gasteiger partial charge in [0, 0.05) is 28.1 Å². The minimum absolute atomic E-state index is 0.345. The van der Waals surface area contributed by atoms with Gasteiger partial charge in [-0.1, -0.05) is 29.4 Å². The molecule has 0 aliphatic carbocycles. The first-order valence-corrected chi connectivity index (χ1v) is 6.48. The Morgan fingerprint density at radius 2 is 1.78 bits per heavy atom. The van der Waals surface area contributed by atoms with E-state index in [0.717, 1.165) is 5.56 Å². The second kappa shape index (κ2) is 5.32. The SMILES string of the molecule is Nc1cc(N)nc(SCc2c(N)cccc2Cl)n1. The molecular weight excluding hydrogens is 270 g/mol. The third kappa shape index (κ3) is 2.96. The molecule has 7 heteroatoms. The van der Waals surface area contributed by atoms with Gasteiger partial charge in [0.1, 0.15) is 11.6 Å². The third-order valence-electron chi connectivity index (χ3n) is 2.25. The van der Waals surface area contributed by atoms with Crippen LogP contribution in [0.15, 0.2) is 29.4 Å². The highest BCUT2D eigenvalue weighted by Crippen LogP contribution is 2.29. The molecule has 94 valence electrons. The Balaban J connectivity index is 2.16. The fourth-order valence-corrected chi connectivity index (χ4v) is 2.65. The lowest BCUT2D eigenvalue weighted by Crippen LogP contribution is -2.00. The van der Waals surface area contributed by atoms with Crippen LogP contribution in [0.3, 0.4) is 0 Å². The molecule has 1 heterocycles. The molecule has 0 aliphatic heterocycles. The van der Waals surface area contributed by atoms with Gasteiger partial charge in [-0.2, -0.15) is 0 Å². The molecule has 0 fully saturated rings. The van der Waals surface area contributed by atoms with Crippen molar-refractivity contribution in [1.29, 1.82) is 0 Å². The van der Waals surface area contributed by atoms with Crippen molar-refractivity contribution in [1.82, 2.24) is 9.97 Å². The highest BCUT2D eigenvalue weighted by Gasteiger charge is 2.07. The van der Waals surface area contributed by atoms with Crippen molar-refractivity contribution < 1.29 is 0 Å². The first kappa shape index (κ1) is 12.8. The fourth-order valence-electron chi connectivity index (χ4n) is 1.39. The van der Waals surface area contributed by atoms with Gasteiger partial charge in [-0.05, 0) is 12.1 Å². The van der Waals surface area contributed by atoms with Crippen molar-refractivity contribution in [2.75, 3.05) is 17.2 Å². The Morgan fingerprint density at radius 3 is 2.39 bits per heavy atom. The molecule has 0 saturated heterocycles. The summed E-state index contributed by atoms with van der Waals surface area (Å²) < 4.78 is 0. The predicted molar refractivity (Wildman–Crippen MR) is 76.3 cm³/mol. The maximum atomic E-state index is 6.07. The molecule has 0 amide bonds. The summed E-state index contributed by atoms with van der Waals surface area (Å²) in [5.74, 6) is 1.25. The predicted octanol–water partition coefficient (Wildman–Crippen LogP) is 2.17. The molecule has 0 aliphatic rings. The molecule has 2 aromatic rings. The quantitative estimate of drug-likeness (QED) is 0.452. The topological polar surface area (TPSA) is 104 Å². The van der Waals surface area contributed by atoms with Gasteiger partial charge in [0.25, 0.3) is 0 Å². The largest absolute Gasteiger partial charge is 0.398 e. The molecule has 0 atom stereocenters. The first-order chi connectivity index (χ1) is 8.56. The van der Waals surface area contributed by atoms with Crippen molar-refractivity contribution in [3.05, 3.63) is 34.9 Å². The van der Waals surface area contributed by atoms with E-state index in [4.69, 9.17) is 28.8 Å². The number of rotatable bonds is 3. The molecule has 2 rings (SSSR count). The van der Waals surface area contributed by atoms with E-state index in [1.807, 2.05) is 0 Å². The highest BCUT2D eigenvalue weighted by atomic mass is 35.5. The number of nitrogens with zero attached hydrogens (tertiary/aromatic N) is 2. The summed E-state index contributed by atoms with van der Waals surface area (Å²) in [5.41, 5.74) is 18.5. The van der Waals surface area contributed by atoms with Crippen LogP contribution in [0.1, 0.15) is 5.56 Å². The van der Waals surface area contributed by atoms with E-state index in [1.165, 1.54) is 17.8 Å². The van der Waals surface area contributed by atoms with Gasteiger partial charge < -0.3 is 17.2 Å². The number of hydrogen-bond acceptors (Lipinski definition) is 6. The third-order valence-corrected chi connectivity index (χ3v) is 3.47. The van der Waals surface area contributed by atoms with Crippen LogP contribution in [-0.2, 0) is 5.75 Å². The van der Waals surface area contributed by atoms with Gasteiger partial charge >= 0.3 is 0 Å². The van der Waals surface area contributed by atoms with Gasteiger partial charge in [-0.3, -0.25) is 0 Å². The number of nitrogen functional groups attached to an aromatic ring is 3. The molecule has 0 bridgehead atoms. The number of nitrogens with two attached hydrogens (primary N) is 3. The van der Waals surface area contributed by atoms with Crippen molar-refractivity contribution in [3.63, 3.8) is 0 Å². The molecule has 5 nitrogen and oxygen atoms in total. The number of anilines is 3. The van der Waals surface area contributed by atoms with Crippen molar-refractivity contribution in [2.24, 2.45) is 0 Å². The van der Waals surface area contributed by atoms with E-state index in [1.54, 1.807) is 18.2 Å². The molecule has 1 aromatic carbocycles. The van der Waals surface area contributed by atoms with E-state index >= 15 is 0 Å². The Kier molecular flexibility index (Phi) is 3.78. The molecule has 18 heavy (non-hydrogen) atoms. The standard InChI is InChI=1S/C11H12ClN5S/c12-7-2-1-3-8(13)6(7)5-18-11-16-9(14)4-10(15)17-11/h1-4H,5,13H2,(H4,14,15,16,17). The summed E-state index contributed by atoms with van der Waals surface area (Å²) in [6, 6.07) is 6.91. The summed E-state index contributed by atoms with van der Waals surface area (Å²) in [6.07, 6.45) is 0. The van der Waals surface area contributed by atoms with Crippen molar-refractivity contribution in [3.8, 4) is 0 Å². The number of thioether (sulfide) groups is 1. The summed E-state index contributed by atoms with van der Waals surface area (Å²) in [7, 11) is 0. The first-order valence-electron chi connectivity index (χ1n) is 5.12. The van der Waals surface area contributed by atoms with Crippen molar-refractivity contribution >= 4 is 40.7 Å². The van der Waals surface area contributed by atoms with E-state index in [-0.39, 0.29) is 0 Å². The molecule has 1 aromatic heterocycles. The lowest BCUT2D eigenvalue weighted by molar-refractivity contribution is 0.984. The van der Waals surface area contributed by atoms with Crippen LogP contribution >= 0.6 is 23.4 Å². The van der Waals surface area contributed by atoms with E-state index < -0.39 is 0 Å². The zero-order valence-corrected chi connectivity index (χ0v) is 11.0. The van der Waals surface area contributed by atoms with E-state index in [0.29, 0.717) is 33.3 Å². The normalized spacial score (nSPS) is 10.5. The average Bonchev–Trinajstić information content (AvgIpc) is 2.27. The Labute approximate surface area is 114 Å². The summed E-state index contributed by atoms with van der Waals surface area (Å²) >= 11 is 7.46. The van der Waals surface area contributed by atoms with Gasteiger partial charge in [-0.15, -0.1) is 0 Å². The maximum Gasteiger partial charge on any atom is 0.191 e. The minimum atomic E-state index is 0.345. The highest BCUT2D eigenvalue weighted by molar-refractivity contribution is 7.98. The Bertz CT molecular complexity index is 535. The van der Waals surface area contributed by atoms with Gasteiger partial charge in [0.15, 0.2) is 5.16 Å². The second-order valence-electron chi connectivity index (χ2n) is 3.60. The van der Waals surface area contributed by atoms with Crippen molar-refractivity contribution in [2.45, 2.75) is 10.9 Å². The molecule has 6 N–H and O–H groups in total. The zero-order chi connectivity index (χ0) is 13.1. The van der Waals surface area contributed by atoms with E-state index in [2.05, 4.69) is 9.97 Å². The molecule has 0 spiro atoms. The summed E-state index contributed by atoms with van der Waals surface area (Å²) in [6.45, 7) is 0. The zero-order valence-electron chi connectivity index (χ0n) is 9.43. The average molecular weight is 282 g/mol. The smallest absolute Gasteiger partial charge is 0.191 e. The summed E-state index contributed by atoms with van der Waals surface area (Å²) in [4.78, 5) is 8.15. The monoisotopic (exact) mass is 281 g/mol. The van der Waals surface area contributed by atoms with Crippen LogP contribution < -0.4 is 17.2 Å². The van der Waals surface area contributed by atoms with Gasteiger partial charge in [0.05, 0.1) is 0 Å². The maximum absolute atomic E-state index is 6.07. The van der Waals surface area contributed by atoms with Gasteiger partial charge in [-0.25, -0.2) is 9.97 Å². The molecule has 0 radical (unpaired) electrons. The molecular formula is C11H12ClN5S. The Morgan fingerprint density at radius 1 is 1.11 bits per heavy atom. The van der Waals surface area contributed by atoms with Crippen LogP contribution in [0.2, 0.25) is 5.02 Å². The van der Waals surface area contributed by atoms with Crippen LogP contribution in [-0.4, -0.2) is 9.97 Å². The Hall–Kier alpha value is -1.66. The fraction of sp³-hybridized carbons (Fsp3) is 0.0909. The van der Waals surface area contributed by atoms with Gasteiger partial charge in [0.2, 0.25) is 0 Å². The lowest BCUT2D eigenvalue weighted by atomic mass is 10.2. The van der Waals surface area contributed by atoms with E-state index in [9.17, 15) is 0 Å². The molecule has 0 unspecified atom stereocenters. The van der Waals surface area contributed by atoms with Crippen LogP contribution in [0, 0.1) is 0 Å². The summed E-state index contributed by atoms with van der Waals surface area (Å²) in [5, 5.41) is 1.13. The molecule has 0 saturated carbocycles. The number of hydrogen-bond donors (Lipinski definition) is 3. The van der Waals surface area contributed by atoms with Crippen LogP contribution in [0.25, 0.3) is 0 Å². The van der Waals surface area contributed by atoms with Crippen LogP contribution in [0.4, 0.5) is 17.3 Å². The second-order valence-corrected chi connectivity index (χ2v) is 4.95. The lowest BCUT2D eigenvalue weighted by Gasteiger charge is -2.07. The number of halogens is 1. The number of benzene rings is 1. The van der Waals surface area contributed by atoms with Crippen LogP contribution in [0.5, 0.6) is 0 Å². The minimum Gasteiger partial charge on any atom is -0.398 e.